The van der Waals surface area contributed by atoms with E-state index in [0.717, 1.165) is 38.2 Å². The molecule has 0 aliphatic rings. The first-order chi connectivity index (χ1) is 13.4. The van der Waals surface area contributed by atoms with Crippen molar-refractivity contribution in [1.82, 2.24) is 9.88 Å². The van der Waals surface area contributed by atoms with Gasteiger partial charge >= 0.3 is 0 Å². The van der Waals surface area contributed by atoms with Gasteiger partial charge in [0.1, 0.15) is 4.34 Å². The molecule has 3 rings (SSSR count). The van der Waals surface area contributed by atoms with Crippen LogP contribution in [-0.4, -0.2) is 36.9 Å². The van der Waals surface area contributed by atoms with Gasteiger partial charge in [0.15, 0.2) is 0 Å². The summed E-state index contributed by atoms with van der Waals surface area (Å²) >= 11 is 3.33. The van der Waals surface area contributed by atoms with E-state index in [0.29, 0.717) is 6.54 Å². The number of carbonyl (C=O) groups is 1. The molecule has 0 N–H and O–H groups in total. The quantitative estimate of drug-likeness (QED) is 0.508. The van der Waals surface area contributed by atoms with E-state index in [4.69, 9.17) is 0 Å². The van der Waals surface area contributed by atoms with Crippen molar-refractivity contribution in [3.63, 3.8) is 0 Å². The molecule has 4 nitrogen and oxygen atoms in total. The van der Waals surface area contributed by atoms with Crippen LogP contribution in [0.1, 0.15) is 27.2 Å². The number of aromatic nitrogens is 1. The predicted molar refractivity (Wildman–Crippen MR) is 119 cm³/mol. The van der Waals surface area contributed by atoms with E-state index in [-0.39, 0.29) is 5.91 Å². The van der Waals surface area contributed by atoms with E-state index in [2.05, 4.69) is 39.5 Å². The molecule has 0 fully saturated rings. The van der Waals surface area contributed by atoms with Gasteiger partial charge in [-0.05, 0) is 36.2 Å². The van der Waals surface area contributed by atoms with Crippen LogP contribution in [0.15, 0.2) is 58.3 Å². The first kappa shape index (κ1) is 20.4. The molecule has 0 unspecified atom stereocenters. The molecule has 0 saturated heterocycles. The monoisotopic (exact) mass is 411 g/mol. The van der Waals surface area contributed by atoms with Crippen LogP contribution >= 0.6 is 23.1 Å². The highest BCUT2D eigenvalue weighted by Crippen LogP contribution is 2.27. The van der Waals surface area contributed by atoms with Crippen LogP contribution in [0.25, 0.3) is 0 Å². The van der Waals surface area contributed by atoms with E-state index in [1.807, 2.05) is 52.3 Å². The van der Waals surface area contributed by atoms with E-state index in [9.17, 15) is 4.79 Å². The van der Waals surface area contributed by atoms with Crippen molar-refractivity contribution in [3.8, 4) is 0 Å². The molecule has 0 radical (unpaired) electrons. The number of amides is 1. The zero-order chi connectivity index (χ0) is 20.1. The summed E-state index contributed by atoms with van der Waals surface area (Å²) in [6.45, 7) is 2.58. The standard InChI is InChI=1S/C22H25N3OS2/c1-16-14-27-22(23-16)28-15-18-7-5-6-8-20(18)21(26)25(4)13-17-9-11-19(12-10-17)24(2)3/h5-12,14H,13,15H2,1-4H3. The summed E-state index contributed by atoms with van der Waals surface area (Å²) in [4.78, 5) is 21.4. The van der Waals surface area contributed by atoms with Crippen molar-refractivity contribution in [1.29, 1.82) is 0 Å². The molecule has 1 heterocycles. The second kappa shape index (κ2) is 9.26. The first-order valence-corrected chi connectivity index (χ1v) is 10.9. The maximum atomic E-state index is 13.1. The predicted octanol–water partition coefficient (Wildman–Crippen LogP) is 5.08. The number of anilines is 1. The highest BCUT2D eigenvalue weighted by atomic mass is 32.2. The maximum Gasteiger partial charge on any atom is 0.254 e. The third-order valence-corrected chi connectivity index (χ3v) is 6.60. The minimum Gasteiger partial charge on any atom is -0.378 e. The zero-order valence-electron chi connectivity index (χ0n) is 16.7. The second-order valence-corrected chi connectivity index (χ2v) is 9.00. The van der Waals surface area contributed by atoms with Crippen molar-refractivity contribution < 1.29 is 4.79 Å². The molecule has 146 valence electrons. The number of thioether (sulfide) groups is 1. The van der Waals surface area contributed by atoms with Crippen LogP contribution < -0.4 is 4.90 Å². The lowest BCUT2D eigenvalue weighted by Gasteiger charge is -2.20. The Morgan fingerprint density at radius 1 is 1.07 bits per heavy atom. The van der Waals surface area contributed by atoms with Crippen molar-refractivity contribution >= 4 is 34.7 Å². The Kier molecular flexibility index (Phi) is 6.75. The van der Waals surface area contributed by atoms with E-state index in [1.165, 1.54) is 0 Å². The Labute approximate surface area is 175 Å². The number of hydrogen-bond acceptors (Lipinski definition) is 5. The van der Waals surface area contributed by atoms with Gasteiger partial charge in [0, 0.05) is 55.8 Å². The van der Waals surface area contributed by atoms with Gasteiger partial charge in [-0.25, -0.2) is 4.98 Å². The summed E-state index contributed by atoms with van der Waals surface area (Å²) in [5.41, 5.74) is 5.11. The average Bonchev–Trinajstić information content (AvgIpc) is 3.11. The number of nitrogens with zero attached hydrogens (tertiary/aromatic N) is 3. The van der Waals surface area contributed by atoms with Gasteiger partial charge in [-0.1, -0.05) is 42.1 Å². The van der Waals surface area contributed by atoms with Gasteiger partial charge in [-0.2, -0.15) is 0 Å². The molecule has 2 aromatic carbocycles. The maximum absolute atomic E-state index is 13.1. The fourth-order valence-electron chi connectivity index (χ4n) is 2.84. The van der Waals surface area contributed by atoms with Crippen molar-refractivity contribution in [2.24, 2.45) is 0 Å². The van der Waals surface area contributed by atoms with Gasteiger partial charge < -0.3 is 9.80 Å². The molecule has 0 aliphatic heterocycles. The Morgan fingerprint density at radius 3 is 2.43 bits per heavy atom. The van der Waals surface area contributed by atoms with Gasteiger partial charge in [0.05, 0.1) is 0 Å². The van der Waals surface area contributed by atoms with Crippen LogP contribution in [0.5, 0.6) is 0 Å². The van der Waals surface area contributed by atoms with Gasteiger partial charge in [0.2, 0.25) is 0 Å². The summed E-state index contributed by atoms with van der Waals surface area (Å²) < 4.78 is 1.04. The summed E-state index contributed by atoms with van der Waals surface area (Å²) in [5.74, 6) is 0.781. The van der Waals surface area contributed by atoms with Crippen molar-refractivity contribution in [2.45, 2.75) is 23.6 Å². The largest absolute Gasteiger partial charge is 0.378 e. The van der Waals surface area contributed by atoms with Crippen LogP contribution in [0, 0.1) is 6.92 Å². The number of thiazole rings is 1. The summed E-state index contributed by atoms with van der Waals surface area (Å²) in [6.07, 6.45) is 0. The fraction of sp³-hybridized carbons (Fsp3) is 0.273. The number of rotatable bonds is 7. The second-order valence-electron chi connectivity index (χ2n) is 6.92. The van der Waals surface area contributed by atoms with E-state index in [1.54, 1.807) is 28.0 Å². The Bertz CT molecular complexity index is 935. The van der Waals surface area contributed by atoms with Gasteiger partial charge in [-0.3, -0.25) is 4.79 Å². The fourth-order valence-corrected chi connectivity index (χ4v) is 4.70. The number of carbonyl (C=O) groups excluding carboxylic acids is 1. The third kappa shape index (κ3) is 5.14. The van der Waals surface area contributed by atoms with Crippen LogP contribution in [-0.2, 0) is 12.3 Å². The normalized spacial score (nSPS) is 10.7. The lowest BCUT2D eigenvalue weighted by molar-refractivity contribution is 0.0784. The highest BCUT2D eigenvalue weighted by molar-refractivity contribution is 8.00. The summed E-state index contributed by atoms with van der Waals surface area (Å²) in [5, 5.41) is 2.05. The molecular weight excluding hydrogens is 386 g/mol. The molecule has 0 saturated carbocycles. The summed E-state index contributed by atoms with van der Waals surface area (Å²) in [6, 6.07) is 16.2. The number of aryl methyl sites for hydroxylation is 1. The molecule has 0 bridgehead atoms. The molecule has 0 aliphatic carbocycles. The molecule has 28 heavy (non-hydrogen) atoms. The summed E-state index contributed by atoms with van der Waals surface area (Å²) in [7, 11) is 5.90. The van der Waals surface area contributed by atoms with Crippen molar-refractivity contribution in [3.05, 3.63) is 76.3 Å². The van der Waals surface area contributed by atoms with Crippen LogP contribution in [0.3, 0.4) is 0 Å². The number of hydrogen-bond donors (Lipinski definition) is 0. The average molecular weight is 412 g/mol. The van der Waals surface area contributed by atoms with Crippen LogP contribution in [0.2, 0.25) is 0 Å². The van der Waals surface area contributed by atoms with Crippen LogP contribution in [0.4, 0.5) is 5.69 Å². The molecule has 1 amide bonds. The lowest BCUT2D eigenvalue weighted by atomic mass is 10.1. The van der Waals surface area contributed by atoms with E-state index >= 15 is 0 Å². The van der Waals surface area contributed by atoms with Crippen molar-refractivity contribution in [2.75, 3.05) is 26.0 Å². The highest BCUT2D eigenvalue weighted by Gasteiger charge is 2.16. The molecule has 0 spiro atoms. The van der Waals surface area contributed by atoms with Gasteiger partial charge in [-0.15, -0.1) is 11.3 Å². The Morgan fingerprint density at radius 2 is 1.79 bits per heavy atom. The molecule has 0 atom stereocenters. The Hall–Kier alpha value is -2.31. The number of benzene rings is 2. The first-order valence-electron chi connectivity index (χ1n) is 9.08. The topological polar surface area (TPSA) is 36.4 Å². The minimum absolute atomic E-state index is 0.0446. The molecule has 3 aromatic rings. The third-order valence-electron chi connectivity index (χ3n) is 4.42. The van der Waals surface area contributed by atoms with E-state index < -0.39 is 0 Å². The minimum atomic E-state index is 0.0446. The zero-order valence-corrected chi connectivity index (χ0v) is 18.3. The molecule has 1 aromatic heterocycles. The Balaban J connectivity index is 1.69. The smallest absolute Gasteiger partial charge is 0.254 e. The molecular formula is C22H25N3OS2. The molecule has 6 heteroatoms. The van der Waals surface area contributed by atoms with Gasteiger partial charge in [0.25, 0.3) is 5.91 Å². The SMILES string of the molecule is Cc1csc(SCc2ccccc2C(=O)N(C)Cc2ccc(N(C)C)cc2)n1. The lowest BCUT2D eigenvalue weighted by Crippen LogP contribution is -2.27.